The van der Waals surface area contributed by atoms with E-state index in [1.165, 1.54) is 11.8 Å². The monoisotopic (exact) mass is 369 g/mol. The molecule has 0 heterocycles. The molecular weight excluding hydrogens is 346 g/mol. The van der Waals surface area contributed by atoms with Crippen molar-refractivity contribution in [2.24, 2.45) is 0 Å². The van der Waals surface area contributed by atoms with Crippen LogP contribution in [0.2, 0.25) is 0 Å². The van der Waals surface area contributed by atoms with E-state index in [0.29, 0.717) is 17.2 Å². The van der Waals surface area contributed by atoms with Crippen molar-refractivity contribution in [1.82, 2.24) is 5.32 Å². The minimum atomic E-state index is -0.984. The van der Waals surface area contributed by atoms with Crippen LogP contribution < -0.4 is 5.32 Å². The summed E-state index contributed by atoms with van der Waals surface area (Å²) in [4.78, 5) is 35.3. The van der Waals surface area contributed by atoms with Crippen LogP contribution in [0.25, 0.3) is 0 Å². The minimum Gasteiger partial charge on any atom is -0.478 e. The molecule has 0 radical (unpaired) electrons. The fraction of sp³-hybridized carbons (Fsp3) is 0.471. The molecule has 1 aromatic rings. The number of carbonyl (C=O) groups is 3. The van der Waals surface area contributed by atoms with Gasteiger partial charge in [0.05, 0.1) is 25.2 Å². The summed E-state index contributed by atoms with van der Waals surface area (Å²) in [5, 5.41) is 12.1. The fourth-order valence-corrected chi connectivity index (χ4v) is 2.96. The maximum atomic E-state index is 11.9. The number of carboxylic acids is 1. The summed E-state index contributed by atoms with van der Waals surface area (Å²) in [6.45, 7) is 4.26. The summed E-state index contributed by atoms with van der Waals surface area (Å²) in [5.74, 6) is -1.44. The maximum Gasteiger partial charge on any atom is 0.336 e. The lowest BCUT2D eigenvalue weighted by atomic mass is 10.2. The second-order valence-corrected chi connectivity index (χ2v) is 6.05. The first-order valence-electron chi connectivity index (χ1n) is 8.00. The molecule has 0 fully saturated rings. The third-order valence-corrected chi connectivity index (χ3v) is 4.19. The van der Waals surface area contributed by atoms with Crippen LogP contribution in [0.4, 0.5) is 0 Å². The van der Waals surface area contributed by atoms with Crippen LogP contribution in [0.5, 0.6) is 0 Å². The number of aromatic carboxylic acids is 1. The highest BCUT2D eigenvalue weighted by molar-refractivity contribution is 7.99. The number of rotatable bonds is 11. The molecule has 0 amide bonds. The summed E-state index contributed by atoms with van der Waals surface area (Å²) in [6.07, 6.45) is -0.108. The van der Waals surface area contributed by atoms with E-state index in [1.54, 1.807) is 38.1 Å². The molecule has 1 rings (SSSR count). The number of ether oxygens (including phenoxy) is 2. The summed E-state index contributed by atoms with van der Waals surface area (Å²) in [5.41, 5.74) is 0.237. The lowest BCUT2D eigenvalue weighted by Crippen LogP contribution is -2.41. The summed E-state index contributed by atoms with van der Waals surface area (Å²) >= 11 is 1.36. The number of carbonyl (C=O) groups excluding carboxylic acids is 2. The van der Waals surface area contributed by atoms with Gasteiger partial charge in [0.2, 0.25) is 0 Å². The molecule has 0 aromatic heterocycles. The fourth-order valence-electron chi connectivity index (χ4n) is 2.03. The van der Waals surface area contributed by atoms with Gasteiger partial charge in [0, 0.05) is 17.2 Å². The number of hydrogen-bond donors (Lipinski definition) is 2. The van der Waals surface area contributed by atoms with Crippen LogP contribution in [0.3, 0.4) is 0 Å². The minimum absolute atomic E-state index is 0.108. The second kappa shape index (κ2) is 11.5. The summed E-state index contributed by atoms with van der Waals surface area (Å²) in [6, 6.07) is 5.93. The molecule has 0 saturated heterocycles. The van der Waals surface area contributed by atoms with E-state index in [2.05, 4.69) is 5.32 Å². The van der Waals surface area contributed by atoms with Crippen molar-refractivity contribution in [1.29, 1.82) is 0 Å². The molecule has 1 unspecified atom stereocenters. The van der Waals surface area contributed by atoms with Crippen molar-refractivity contribution in [3.63, 3.8) is 0 Å². The van der Waals surface area contributed by atoms with E-state index in [0.717, 1.165) is 0 Å². The Morgan fingerprint density at radius 1 is 1.16 bits per heavy atom. The van der Waals surface area contributed by atoms with E-state index in [-0.39, 0.29) is 25.2 Å². The molecule has 8 heteroatoms. The SMILES string of the molecule is CCOC(=O)CC(NCCSc1ccccc1C(=O)O)C(=O)OCC. The smallest absolute Gasteiger partial charge is 0.336 e. The summed E-state index contributed by atoms with van der Waals surface area (Å²) < 4.78 is 9.82. The van der Waals surface area contributed by atoms with Gasteiger partial charge in [-0.25, -0.2) is 4.79 Å². The standard InChI is InChI=1S/C17H23NO6S/c1-3-23-15(19)11-13(17(22)24-4-2)18-9-10-25-14-8-6-5-7-12(14)16(20)21/h5-8,13,18H,3-4,9-11H2,1-2H3,(H,20,21). The molecule has 0 saturated carbocycles. The van der Waals surface area contributed by atoms with Crippen LogP contribution >= 0.6 is 11.8 Å². The molecular formula is C17H23NO6S. The molecule has 1 aromatic carbocycles. The number of thioether (sulfide) groups is 1. The Bertz CT molecular complexity index is 592. The van der Waals surface area contributed by atoms with Crippen LogP contribution in [0.15, 0.2) is 29.2 Å². The number of esters is 2. The Balaban J connectivity index is 2.55. The third-order valence-electron chi connectivity index (χ3n) is 3.12. The number of benzene rings is 1. The van der Waals surface area contributed by atoms with Gasteiger partial charge >= 0.3 is 17.9 Å². The average molecular weight is 369 g/mol. The largest absolute Gasteiger partial charge is 0.478 e. The van der Waals surface area contributed by atoms with Crippen molar-refractivity contribution in [2.75, 3.05) is 25.5 Å². The van der Waals surface area contributed by atoms with Gasteiger partial charge < -0.3 is 19.9 Å². The zero-order chi connectivity index (χ0) is 18.7. The predicted octanol–water partition coefficient (Wildman–Crippen LogP) is 1.95. The van der Waals surface area contributed by atoms with Crippen LogP contribution in [0.1, 0.15) is 30.6 Å². The topological polar surface area (TPSA) is 102 Å². The van der Waals surface area contributed by atoms with Gasteiger partial charge in [0.25, 0.3) is 0 Å². The first kappa shape index (κ1) is 21.0. The normalized spacial score (nSPS) is 11.6. The molecule has 2 N–H and O–H groups in total. The molecule has 7 nitrogen and oxygen atoms in total. The molecule has 25 heavy (non-hydrogen) atoms. The lowest BCUT2D eigenvalue weighted by Gasteiger charge is -2.16. The van der Waals surface area contributed by atoms with Gasteiger partial charge in [-0.3, -0.25) is 9.59 Å². The van der Waals surface area contributed by atoms with Gasteiger partial charge in [0.15, 0.2) is 0 Å². The number of nitrogens with one attached hydrogen (secondary N) is 1. The highest BCUT2D eigenvalue weighted by atomic mass is 32.2. The maximum absolute atomic E-state index is 11.9. The Morgan fingerprint density at radius 3 is 2.48 bits per heavy atom. The van der Waals surface area contributed by atoms with Crippen LogP contribution in [-0.4, -0.2) is 54.6 Å². The van der Waals surface area contributed by atoms with Crippen LogP contribution in [-0.2, 0) is 19.1 Å². The van der Waals surface area contributed by atoms with Gasteiger partial charge in [0.1, 0.15) is 6.04 Å². The van der Waals surface area contributed by atoms with Crippen molar-refractivity contribution < 1.29 is 29.0 Å². The molecule has 0 aliphatic heterocycles. The number of carboxylic acid groups (broad SMARTS) is 1. The first-order valence-corrected chi connectivity index (χ1v) is 8.98. The van der Waals surface area contributed by atoms with Crippen molar-refractivity contribution in [2.45, 2.75) is 31.2 Å². The summed E-state index contributed by atoms with van der Waals surface area (Å²) in [7, 11) is 0. The van der Waals surface area contributed by atoms with E-state index in [1.807, 2.05) is 0 Å². The molecule has 0 aliphatic rings. The Hall–Kier alpha value is -2.06. The molecule has 0 bridgehead atoms. The van der Waals surface area contributed by atoms with E-state index >= 15 is 0 Å². The zero-order valence-corrected chi connectivity index (χ0v) is 15.1. The molecule has 138 valence electrons. The Morgan fingerprint density at radius 2 is 1.84 bits per heavy atom. The lowest BCUT2D eigenvalue weighted by molar-refractivity contribution is -0.152. The average Bonchev–Trinajstić information content (AvgIpc) is 2.58. The van der Waals surface area contributed by atoms with Gasteiger partial charge in [-0.2, -0.15) is 0 Å². The van der Waals surface area contributed by atoms with Crippen LogP contribution in [0, 0.1) is 0 Å². The van der Waals surface area contributed by atoms with Crippen molar-refractivity contribution in [3.8, 4) is 0 Å². The second-order valence-electron chi connectivity index (χ2n) is 4.92. The number of hydrogen-bond acceptors (Lipinski definition) is 7. The Labute approximate surface area is 151 Å². The predicted molar refractivity (Wildman–Crippen MR) is 93.8 cm³/mol. The molecule has 0 aliphatic carbocycles. The van der Waals surface area contributed by atoms with E-state index in [4.69, 9.17) is 14.6 Å². The van der Waals surface area contributed by atoms with Crippen molar-refractivity contribution >= 4 is 29.7 Å². The first-order chi connectivity index (χ1) is 12.0. The quantitative estimate of drug-likeness (QED) is 0.347. The molecule has 1 atom stereocenters. The van der Waals surface area contributed by atoms with Gasteiger partial charge in [-0.1, -0.05) is 12.1 Å². The van der Waals surface area contributed by atoms with Crippen molar-refractivity contribution in [3.05, 3.63) is 29.8 Å². The van der Waals surface area contributed by atoms with Gasteiger partial charge in [-0.15, -0.1) is 11.8 Å². The van der Waals surface area contributed by atoms with E-state index < -0.39 is 23.9 Å². The highest BCUT2D eigenvalue weighted by Crippen LogP contribution is 2.22. The molecule has 0 spiro atoms. The Kier molecular flexibility index (Phi) is 9.64. The third kappa shape index (κ3) is 7.57. The van der Waals surface area contributed by atoms with Gasteiger partial charge in [-0.05, 0) is 26.0 Å². The van der Waals surface area contributed by atoms with E-state index in [9.17, 15) is 14.4 Å². The highest BCUT2D eigenvalue weighted by Gasteiger charge is 2.23. The zero-order valence-electron chi connectivity index (χ0n) is 14.3.